The quantitative estimate of drug-likeness (QED) is 0.537. The Hall–Kier alpha value is -3.73. The van der Waals surface area contributed by atoms with Gasteiger partial charge in [-0.05, 0) is 60.4 Å². The molecule has 1 unspecified atom stereocenters. The Bertz CT molecular complexity index is 1190. The van der Waals surface area contributed by atoms with Gasteiger partial charge in [-0.15, -0.1) is 0 Å². The summed E-state index contributed by atoms with van der Waals surface area (Å²) in [6, 6.07) is 21.6. The van der Waals surface area contributed by atoms with E-state index in [0.29, 0.717) is 5.56 Å². The number of rotatable bonds is 4. The highest BCUT2D eigenvalue weighted by Gasteiger charge is 2.13. The highest BCUT2D eigenvalue weighted by Crippen LogP contribution is 2.28. The first-order chi connectivity index (χ1) is 14.0. The summed E-state index contributed by atoms with van der Waals surface area (Å²) in [5, 5.41) is 3.98. The van der Waals surface area contributed by atoms with Crippen LogP contribution < -0.4 is 11.1 Å². The number of nitrogens with one attached hydrogen (secondary N) is 1. The largest absolute Gasteiger partial charge is 0.368 e. The summed E-state index contributed by atoms with van der Waals surface area (Å²) >= 11 is 0. The molecule has 3 aromatic carbocycles. The van der Waals surface area contributed by atoms with Gasteiger partial charge in [-0.3, -0.25) is 4.79 Å². The van der Waals surface area contributed by atoms with Gasteiger partial charge >= 0.3 is 0 Å². The second kappa shape index (κ2) is 7.72. The topological polar surface area (TPSA) is 80.9 Å². The van der Waals surface area contributed by atoms with E-state index in [1.165, 1.54) is 0 Å². The summed E-state index contributed by atoms with van der Waals surface area (Å²) in [4.78, 5) is 21.1. The van der Waals surface area contributed by atoms with E-state index in [2.05, 4.69) is 15.3 Å². The number of hydrogen-bond donors (Lipinski definition) is 2. The number of carbonyl (C=O) groups is 1. The lowest BCUT2D eigenvalue weighted by Gasteiger charge is -2.15. The molecule has 1 aromatic heterocycles. The van der Waals surface area contributed by atoms with Crippen molar-refractivity contribution in [1.29, 1.82) is 0 Å². The number of carbonyl (C=O) groups excluding carboxylic acids is 1. The summed E-state index contributed by atoms with van der Waals surface area (Å²) < 4.78 is 0. The van der Waals surface area contributed by atoms with Crippen molar-refractivity contribution >= 4 is 22.8 Å². The van der Waals surface area contributed by atoms with Crippen molar-refractivity contribution in [1.82, 2.24) is 15.3 Å². The smallest absolute Gasteiger partial charge is 0.251 e. The molecule has 0 fully saturated rings. The predicted octanol–water partition coefficient (Wildman–Crippen LogP) is 4.68. The minimum Gasteiger partial charge on any atom is -0.368 e. The first-order valence-electron chi connectivity index (χ1n) is 9.50. The molecule has 0 aliphatic carbocycles. The fraction of sp³-hybridized carbons (Fsp3) is 0.125. The number of fused-ring (bicyclic) bond motifs is 1. The molecule has 144 valence electrons. The van der Waals surface area contributed by atoms with Crippen LogP contribution in [0.2, 0.25) is 0 Å². The summed E-state index contributed by atoms with van der Waals surface area (Å²) in [7, 11) is 0. The number of benzene rings is 3. The lowest BCUT2D eigenvalue weighted by Crippen LogP contribution is -2.26. The number of anilines is 1. The summed E-state index contributed by atoms with van der Waals surface area (Å²) in [5.74, 6) is 0.159. The minimum atomic E-state index is -0.0977. The third-order valence-corrected chi connectivity index (χ3v) is 5.06. The Morgan fingerprint density at radius 2 is 1.83 bits per heavy atom. The van der Waals surface area contributed by atoms with E-state index in [4.69, 9.17) is 5.73 Å². The Morgan fingerprint density at radius 3 is 2.62 bits per heavy atom. The van der Waals surface area contributed by atoms with Crippen molar-refractivity contribution in [2.75, 3.05) is 5.73 Å². The molecule has 4 aromatic rings. The monoisotopic (exact) mass is 382 g/mol. The van der Waals surface area contributed by atoms with E-state index in [1.54, 1.807) is 6.20 Å². The lowest BCUT2D eigenvalue weighted by atomic mass is 9.96. The molecule has 0 bridgehead atoms. The summed E-state index contributed by atoms with van der Waals surface area (Å²) in [6.45, 7) is 4.02. The van der Waals surface area contributed by atoms with Gasteiger partial charge in [0.15, 0.2) is 0 Å². The van der Waals surface area contributed by atoms with Gasteiger partial charge < -0.3 is 11.1 Å². The lowest BCUT2D eigenvalue weighted by molar-refractivity contribution is 0.0940. The molecule has 1 amide bonds. The molecule has 0 radical (unpaired) electrons. The zero-order valence-electron chi connectivity index (χ0n) is 16.4. The second-order valence-electron chi connectivity index (χ2n) is 7.14. The van der Waals surface area contributed by atoms with Crippen molar-refractivity contribution in [2.45, 2.75) is 19.9 Å². The van der Waals surface area contributed by atoms with E-state index in [-0.39, 0.29) is 17.9 Å². The van der Waals surface area contributed by atoms with Crippen LogP contribution in [-0.4, -0.2) is 15.9 Å². The fourth-order valence-corrected chi connectivity index (χ4v) is 3.39. The molecule has 29 heavy (non-hydrogen) atoms. The van der Waals surface area contributed by atoms with Gasteiger partial charge in [0.05, 0.1) is 11.6 Å². The van der Waals surface area contributed by atoms with Gasteiger partial charge in [-0.25, -0.2) is 9.97 Å². The molecule has 1 atom stereocenters. The highest BCUT2D eigenvalue weighted by molar-refractivity contribution is 5.96. The van der Waals surface area contributed by atoms with Gasteiger partial charge in [0.25, 0.3) is 5.91 Å². The van der Waals surface area contributed by atoms with E-state index >= 15 is 0 Å². The van der Waals surface area contributed by atoms with E-state index in [1.807, 2.05) is 80.6 Å². The van der Waals surface area contributed by atoms with Crippen molar-refractivity contribution < 1.29 is 4.79 Å². The number of aromatic nitrogens is 2. The molecule has 3 N–H and O–H groups in total. The van der Waals surface area contributed by atoms with E-state index < -0.39 is 0 Å². The SMILES string of the molecule is Cc1ccc(C(=O)NC(C)c2ccccc2)cc1-c1ccc2nc(N)ncc2c1. The number of nitrogen functional groups attached to an aromatic ring is 1. The molecular formula is C24H22N4O. The minimum absolute atomic E-state index is 0.0725. The number of nitrogens with zero attached hydrogens (tertiary/aromatic N) is 2. The van der Waals surface area contributed by atoms with Crippen LogP contribution in [0.4, 0.5) is 5.95 Å². The van der Waals surface area contributed by atoms with Crippen LogP contribution in [0.1, 0.15) is 34.5 Å². The van der Waals surface area contributed by atoms with Gasteiger partial charge in [0.1, 0.15) is 0 Å². The molecule has 5 heteroatoms. The molecule has 0 saturated carbocycles. The van der Waals surface area contributed by atoms with Crippen LogP contribution in [0, 0.1) is 6.92 Å². The number of amides is 1. The molecular weight excluding hydrogens is 360 g/mol. The van der Waals surface area contributed by atoms with Crippen LogP contribution in [0.3, 0.4) is 0 Å². The van der Waals surface area contributed by atoms with Crippen LogP contribution >= 0.6 is 0 Å². The standard InChI is InChI=1S/C24H22N4O/c1-15-8-9-19(23(29)27-16(2)17-6-4-3-5-7-17)13-21(15)18-10-11-22-20(12-18)14-26-24(25)28-22/h3-14,16H,1-2H3,(H,27,29)(H2,25,26,28). The van der Waals surface area contributed by atoms with Crippen molar-refractivity contribution in [2.24, 2.45) is 0 Å². The Kier molecular flexibility index (Phi) is 4.96. The first-order valence-corrected chi connectivity index (χ1v) is 9.50. The average molecular weight is 382 g/mol. The predicted molar refractivity (Wildman–Crippen MR) is 116 cm³/mol. The molecule has 0 aliphatic heterocycles. The van der Waals surface area contributed by atoms with E-state index in [9.17, 15) is 4.79 Å². The number of hydrogen-bond acceptors (Lipinski definition) is 4. The Morgan fingerprint density at radius 1 is 1.03 bits per heavy atom. The molecule has 4 rings (SSSR count). The zero-order valence-corrected chi connectivity index (χ0v) is 16.4. The maximum absolute atomic E-state index is 12.8. The summed E-state index contributed by atoms with van der Waals surface area (Å²) in [6.07, 6.45) is 1.72. The number of nitrogens with two attached hydrogens (primary N) is 1. The second-order valence-corrected chi connectivity index (χ2v) is 7.14. The Balaban J connectivity index is 1.64. The highest BCUT2D eigenvalue weighted by atomic mass is 16.1. The maximum Gasteiger partial charge on any atom is 0.251 e. The molecule has 1 heterocycles. The summed E-state index contributed by atoms with van der Waals surface area (Å²) in [5.41, 5.74) is 11.3. The van der Waals surface area contributed by atoms with Gasteiger partial charge in [0, 0.05) is 17.1 Å². The maximum atomic E-state index is 12.8. The third-order valence-electron chi connectivity index (χ3n) is 5.06. The van der Waals surface area contributed by atoms with Gasteiger partial charge in [-0.2, -0.15) is 0 Å². The van der Waals surface area contributed by atoms with Gasteiger partial charge in [0.2, 0.25) is 5.95 Å². The van der Waals surface area contributed by atoms with Crippen LogP contribution in [0.15, 0.2) is 72.9 Å². The van der Waals surface area contributed by atoms with Crippen molar-refractivity contribution in [3.8, 4) is 11.1 Å². The number of aryl methyl sites for hydroxylation is 1. The fourth-order valence-electron chi connectivity index (χ4n) is 3.39. The third kappa shape index (κ3) is 3.94. The normalized spacial score (nSPS) is 11.9. The van der Waals surface area contributed by atoms with Crippen LogP contribution in [0.25, 0.3) is 22.0 Å². The van der Waals surface area contributed by atoms with E-state index in [0.717, 1.165) is 33.2 Å². The molecule has 0 saturated heterocycles. The molecule has 0 spiro atoms. The Labute approximate surface area is 169 Å². The van der Waals surface area contributed by atoms with Crippen molar-refractivity contribution in [3.05, 3.63) is 89.6 Å². The van der Waals surface area contributed by atoms with Crippen LogP contribution in [-0.2, 0) is 0 Å². The first kappa shape index (κ1) is 18.6. The van der Waals surface area contributed by atoms with Gasteiger partial charge in [-0.1, -0.05) is 42.5 Å². The van der Waals surface area contributed by atoms with Crippen molar-refractivity contribution in [3.63, 3.8) is 0 Å². The average Bonchev–Trinajstić information content (AvgIpc) is 2.74. The molecule has 5 nitrogen and oxygen atoms in total. The van der Waals surface area contributed by atoms with Crippen LogP contribution in [0.5, 0.6) is 0 Å². The molecule has 0 aliphatic rings. The zero-order chi connectivity index (χ0) is 20.4.